The van der Waals surface area contributed by atoms with Gasteiger partial charge >= 0.3 is 0 Å². The number of unbranched alkanes of at least 4 members (excludes halogenated alkanes) is 1. The minimum absolute atomic E-state index is 0.106. The zero-order valence-electron chi connectivity index (χ0n) is 17.9. The van der Waals surface area contributed by atoms with E-state index in [1.807, 2.05) is 18.5 Å². The molecule has 2 aromatic carbocycles. The number of sulfonamides is 1. The predicted octanol–water partition coefficient (Wildman–Crippen LogP) is 4.14. The van der Waals surface area contributed by atoms with Gasteiger partial charge in [0.25, 0.3) is 10.0 Å². The van der Waals surface area contributed by atoms with E-state index in [9.17, 15) is 18.6 Å². The van der Waals surface area contributed by atoms with E-state index in [4.69, 9.17) is 0 Å². The van der Waals surface area contributed by atoms with Crippen LogP contribution < -0.4 is 4.72 Å². The van der Waals surface area contributed by atoms with Crippen molar-refractivity contribution in [1.82, 2.24) is 14.8 Å². The van der Waals surface area contributed by atoms with Crippen molar-refractivity contribution in [2.75, 3.05) is 4.72 Å². The van der Waals surface area contributed by atoms with E-state index < -0.39 is 10.0 Å². The zero-order chi connectivity index (χ0) is 22.8. The first-order valence-corrected chi connectivity index (χ1v) is 12.1. The SMILES string of the molecule is CCCCc1nnc(Sc2cc(O)c(NS(=O)(=O)c3ccc(C)cc3C)cc2O)n1C. The van der Waals surface area contributed by atoms with Crippen molar-refractivity contribution in [3.8, 4) is 11.5 Å². The Labute approximate surface area is 186 Å². The van der Waals surface area contributed by atoms with Crippen molar-refractivity contribution in [3.63, 3.8) is 0 Å². The number of nitrogens with one attached hydrogen (secondary N) is 1. The molecule has 0 aliphatic rings. The number of hydrogen-bond donors (Lipinski definition) is 3. The van der Waals surface area contributed by atoms with E-state index in [2.05, 4.69) is 21.8 Å². The van der Waals surface area contributed by atoms with Crippen molar-refractivity contribution < 1.29 is 18.6 Å². The second-order valence-electron chi connectivity index (χ2n) is 7.37. The first-order valence-electron chi connectivity index (χ1n) is 9.84. The van der Waals surface area contributed by atoms with Gasteiger partial charge in [0.15, 0.2) is 5.16 Å². The van der Waals surface area contributed by atoms with Crippen molar-refractivity contribution in [2.45, 2.75) is 55.0 Å². The Bertz CT molecular complexity index is 1210. The van der Waals surface area contributed by atoms with Crippen LogP contribution in [0.3, 0.4) is 0 Å². The second-order valence-corrected chi connectivity index (χ2v) is 10.0. The van der Waals surface area contributed by atoms with Crippen molar-refractivity contribution >= 4 is 27.5 Å². The van der Waals surface area contributed by atoms with Crippen molar-refractivity contribution in [3.05, 3.63) is 47.3 Å². The molecule has 0 saturated heterocycles. The molecule has 166 valence electrons. The smallest absolute Gasteiger partial charge is 0.262 e. The molecule has 3 N–H and O–H groups in total. The summed E-state index contributed by atoms with van der Waals surface area (Å²) in [6.07, 6.45) is 2.85. The van der Waals surface area contributed by atoms with Crippen LogP contribution in [0.25, 0.3) is 0 Å². The van der Waals surface area contributed by atoms with Crippen LogP contribution in [0.5, 0.6) is 11.5 Å². The lowest BCUT2D eigenvalue weighted by Crippen LogP contribution is -2.14. The Balaban J connectivity index is 1.85. The number of rotatable bonds is 8. The minimum atomic E-state index is -3.94. The number of hydrogen-bond acceptors (Lipinski definition) is 7. The van der Waals surface area contributed by atoms with E-state index in [-0.39, 0.29) is 22.1 Å². The largest absolute Gasteiger partial charge is 0.507 e. The monoisotopic (exact) mass is 462 g/mol. The fourth-order valence-corrected chi connectivity index (χ4v) is 5.25. The lowest BCUT2D eigenvalue weighted by molar-refractivity contribution is 0.450. The molecule has 3 rings (SSSR count). The van der Waals surface area contributed by atoms with E-state index in [1.54, 1.807) is 19.1 Å². The number of aromatic nitrogens is 3. The summed E-state index contributed by atoms with van der Waals surface area (Å²) in [6, 6.07) is 7.47. The number of nitrogens with zero attached hydrogens (tertiary/aromatic N) is 3. The molecule has 31 heavy (non-hydrogen) atoms. The van der Waals surface area contributed by atoms with Gasteiger partial charge in [-0.3, -0.25) is 4.72 Å². The van der Waals surface area contributed by atoms with Gasteiger partial charge in [0.1, 0.15) is 17.3 Å². The second kappa shape index (κ2) is 9.19. The molecule has 1 heterocycles. The third-order valence-corrected chi connectivity index (χ3v) is 7.43. The first-order chi connectivity index (χ1) is 14.6. The molecular formula is C21H26N4O4S2. The average Bonchev–Trinajstić information content (AvgIpc) is 3.03. The van der Waals surface area contributed by atoms with Gasteiger partial charge < -0.3 is 14.8 Å². The minimum Gasteiger partial charge on any atom is -0.507 e. The van der Waals surface area contributed by atoms with Crippen molar-refractivity contribution in [1.29, 1.82) is 0 Å². The molecule has 3 aromatic rings. The molecule has 0 aliphatic heterocycles. The maximum absolute atomic E-state index is 12.8. The Hall–Kier alpha value is -2.72. The summed E-state index contributed by atoms with van der Waals surface area (Å²) in [5, 5.41) is 29.7. The highest BCUT2D eigenvalue weighted by Gasteiger charge is 2.21. The van der Waals surface area contributed by atoms with E-state index in [0.29, 0.717) is 15.6 Å². The van der Waals surface area contributed by atoms with Crippen LogP contribution in [0, 0.1) is 13.8 Å². The molecule has 0 aliphatic carbocycles. The van der Waals surface area contributed by atoms with Gasteiger partial charge in [-0.15, -0.1) is 10.2 Å². The fraction of sp³-hybridized carbons (Fsp3) is 0.333. The number of aromatic hydroxyl groups is 2. The standard InChI is InChI=1S/C21H26N4O4S2/c1-5-6-7-20-22-23-21(25(20)4)30-18-12-16(26)15(11-17(18)27)24-31(28,29)19-9-8-13(2)10-14(19)3/h8-12,24,26-27H,5-7H2,1-4H3. The van der Waals surface area contributed by atoms with Crippen LogP contribution in [0.1, 0.15) is 36.7 Å². The highest BCUT2D eigenvalue weighted by atomic mass is 32.2. The summed E-state index contributed by atoms with van der Waals surface area (Å²) in [7, 11) is -2.09. The fourth-order valence-electron chi connectivity index (χ4n) is 3.11. The van der Waals surface area contributed by atoms with Gasteiger partial charge in [0, 0.05) is 19.5 Å². The molecule has 0 amide bonds. The highest BCUT2D eigenvalue weighted by Crippen LogP contribution is 2.40. The normalized spacial score (nSPS) is 11.6. The number of phenols is 2. The summed E-state index contributed by atoms with van der Waals surface area (Å²) in [5.41, 5.74) is 1.42. The van der Waals surface area contributed by atoms with Gasteiger partial charge in [-0.25, -0.2) is 8.42 Å². The van der Waals surface area contributed by atoms with E-state index in [0.717, 1.165) is 42.4 Å². The van der Waals surface area contributed by atoms with Gasteiger partial charge in [0.05, 0.1) is 15.5 Å². The lowest BCUT2D eigenvalue weighted by atomic mass is 10.2. The van der Waals surface area contributed by atoms with E-state index >= 15 is 0 Å². The average molecular weight is 463 g/mol. The molecule has 0 radical (unpaired) electrons. The van der Waals surface area contributed by atoms with E-state index in [1.165, 1.54) is 18.2 Å². The first kappa shape index (κ1) is 23.0. The van der Waals surface area contributed by atoms with Crippen LogP contribution >= 0.6 is 11.8 Å². The summed E-state index contributed by atoms with van der Waals surface area (Å²) in [6.45, 7) is 5.68. The van der Waals surface area contributed by atoms with Gasteiger partial charge in [-0.2, -0.15) is 0 Å². The predicted molar refractivity (Wildman–Crippen MR) is 120 cm³/mol. The van der Waals surface area contributed by atoms with Gasteiger partial charge in [0.2, 0.25) is 0 Å². The molecule has 0 saturated carbocycles. The summed E-state index contributed by atoms with van der Waals surface area (Å²) < 4.78 is 29.7. The number of anilines is 1. The summed E-state index contributed by atoms with van der Waals surface area (Å²) in [4.78, 5) is 0.443. The molecule has 1 aromatic heterocycles. The number of phenolic OH excluding ortho intramolecular Hbond substituents is 2. The summed E-state index contributed by atoms with van der Waals surface area (Å²) >= 11 is 1.14. The molecule has 0 unspecified atom stereocenters. The maximum atomic E-state index is 12.8. The third-order valence-electron chi connectivity index (χ3n) is 4.82. The summed E-state index contributed by atoms with van der Waals surface area (Å²) in [5.74, 6) is 0.354. The Kier molecular flexibility index (Phi) is 6.80. The lowest BCUT2D eigenvalue weighted by Gasteiger charge is -2.14. The Morgan fingerprint density at radius 3 is 2.52 bits per heavy atom. The Morgan fingerprint density at radius 2 is 1.84 bits per heavy atom. The zero-order valence-corrected chi connectivity index (χ0v) is 19.5. The molecule has 10 heteroatoms. The quantitative estimate of drug-likeness (QED) is 0.340. The van der Waals surface area contributed by atoms with Crippen LogP contribution in [0.4, 0.5) is 5.69 Å². The van der Waals surface area contributed by atoms with Gasteiger partial charge in [-0.1, -0.05) is 31.0 Å². The maximum Gasteiger partial charge on any atom is 0.262 e. The molecular weight excluding hydrogens is 436 g/mol. The van der Waals surface area contributed by atoms with Crippen LogP contribution in [0.15, 0.2) is 45.3 Å². The topological polar surface area (TPSA) is 117 Å². The molecule has 0 atom stereocenters. The molecule has 8 nitrogen and oxygen atoms in total. The number of benzene rings is 2. The van der Waals surface area contributed by atoms with Gasteiger partial charge in [-0.05, 0) is 49.7 Å². The highest BCUT2D eigenvalue weighted by molar-refractivity contribution is 7.99. The van der Waals surface area contributed by atoms with Crippen LogP contribution in [-0.2, 0) is 23.5 Å². The molecule has 0 bridgehead atoms. The number of aryl methyl sites for hydroxylation is 3. The van der Waals surface area contributed by atoms with Crippen molar-refractivity contribution in [2.24, 2.45) is 7.05 Å². The van der Waals surface area contributed by atoms with Crippen LogP contribution in [-0.4, -0.2) is 33.4 Å². The van der Waals surface area contributed by atoms with Crippen LogP contribution in [0.2, 0.25) is 0 Å². The third kappa shape index (κ3) is 5.13. The molecule has 0 spiro atoms. The molecule has 0 fully saturated rings. The Morgan fingerprint density at radius 1 is 1.10 bits per heavy atom.